The lowest BCUT2D eigenvalue weighted by Crippen LogP contribution is -1.88. The molecule has 6 heteroatoms. The Kier molecular flexibility index (Phi) is 4.57. The third-order valence-corrected chi connectivity index (χ3v) is 4.46. The van der Waals surface area contributed by atoms with Gasteiger partial charge in [0.25, 0.3) is 5.69 Å². The van der Waals surface area contributed by atoms with Crippen LogP contribution in [0.3, 0.4) is 0 Å². The number of nitro benzene ring substituents is 1. The molecule has 0 aliphatic carbocycles. The molecule has 0 saturated carbocycles. The number of aliphatic hydroxyl groups excluding tert-OH is 1. The van der Waals surface area contributed by atoms with Gasteiger partial charge in [-0.2, -0.15) is 0 Å². The SMILES string of the molecule is O=[N+]([O-])c1ccc(Sc2ccc(CO)cc2)c(Br)c1. The number of non-ortho nitro benzene ring substituents is 1. The molecule has 0 fully saturated rings. The van der Waals surface area contributed by atoms with E-state index in [0.29, 0.717) is 4.47 Å². The number of nitro groups is 1. The Morgan fingerprint density at radius 3 is 2.42 bits per heavy atom. The van der Waals surface area contributed by atoms with E-state index in [9.17, 15) is 10.1 Å². The molecule has 0 bridgehead atoms. The Morgan fingerprint density at radius 1 is 1.21 bits per heavy atom. The summed E-state index contributed by atoms with van der Waals surface area (Å²) < 4.78 is 0.693. The topological polar surface area (TPSA) is 63.4 Å². The number of hydrogen-bond donors (Lipinski definition) is 1. The molecular formula is C13H10BrNO3S. The lowest BCUT2D eigenvalue weighted by Gasteiger charge is -2.05. The summed E-state index contributed by atoms with van der Waals surface area (Å²) in [6, 6.07) is 12.2. The van der Waals surface area contributed by atoms with E-state index in [4.69, 9.17) is 5.11 Å². The summed E-state index contributed by atoms with van der Waals surface area (Å²) in [5.74, 6) is 0. The minimum absolute atomic E-state index is 0.0200. The lowest BCUT2D eigenvalue weighted by atomic mass is 10.2. The molecule has 0 heterocycles. The van der Waals surface area contributed by atoms with Crippen LogP contribution < -0.4 is 0 Å². The highest BCUT2D eigenvalue weighted by Crippen LogP contribution is 2.35. The van der Waals surface area contributed by atoms with Gasteiger partial charge in [-0.15, -0.1) is 0 Å². The van der Waals surface area contributed by atoms with Crippen LogP contribution in [0.4, 0.5) is 5.69 Å². The van der Waals surface area contributed by atoms with E-state index in [2.05, 4.69) is 15.9 Å². The molecule has 98 valence electrons. The van der Waals surface area contributed by atoms with Gasteiger partial charge in [0.1, 0.15) is 0 Å². The first-order valence-electron chi connectivity index (χ1n) is 5.42. The Morgan fingerprint density at radius 2 is 1.89 bits per heavy atom. The van der Waals surface area contributed by atoms with Crippen molar-refractivity contribution in [3.05, 3.63) is 62.6 Å². The van der Waals surface area contributed by atoms with Gasteiger partial charge in [0.2, 0.25) is 0 Å². The minimum atomic E-state index is -0.421. The summed E-state index contributed by atoms with van der Waals surface area (Å²) in [6.45, 7) is 0.0200. The van der Waals surface area contributed by atoms with Crippen molar-refractivity contribution in [1.29, 1.82) is 0 Å². The van der Waals surface area contributed by atoms with E-state index in [1.165, 1.54) is 23.9 Å². The second kappa shape index (κ2) is 6.18. The molecule has 0 saturated heterocycles. The molecule has 0 aliphatic rings. The first-order chi connectivity index (χ1) is 9.10. The molecule has 0 aliphatic heterocycles. The third-order valence-electron chi connectivity index (χ3n) is 2.46. The first kappa shape index (κ1) is 14.0. The van der Waals surface area contributed by atoms with Crippen molar-refractivity contribution in [3.63, 3.8) is 0 Å². The van der Waals surface area contributed by atoms with Crippen LogP contribution in [-0.2, 0) is 6.61 Å². The molecule has 1 N–H and O–H groups in total. The van der Waals surface area contributed by atoms with E-state index in [1.54, 1.807) is 6.07 Å². The van der Waals surface area contributed by atoms with Crippen molar-refractivity contribution in [2.45, 2.75) is 16.4 Å². The highest BCUT2D eigenvalue weighted by Gasteiger charge is 2.10. The predicted octanol–water partition coefficient (Wildman–Crippen LogP) is 4.00. The van der Waals surface area contributed by atoms with E-state index < -0.39 is 4.92 Å². The molecule has 0 atom stereocenters. The summed E-state index contributed by atoms with van der Waals surface area (Å²) >= 11 is 4.84. The Hall–Kier alpha value is -1.37. The second-order valence-electron chi connectivity index (χ2n) is 3.78. The van der Waals surface area contributed by atoms with Crippen LogP contribution in [0.1, 0.15) is 5.56 Å². The monoisotopic (exact) mass is 339 g/mol. The molecule has 0 spiro atoms. The highest BCUT2D eigenvalue weighted by molar-refractivity contribution is 9.10. The van der Waals surface area contributed by atoms with Crippen molar-refractivity contribution in [2.75, 3.05) is 0 Å². The van der Waals surface area contributed by atoms with Crippen LogP contribution in [0.15, 0.2) is 56.7 Å². The van der Waals surface area contributed by atoms with Crippen LogP contribution in [0.2, 0.25) is 0 Å². The maximum Gasteiger partial charge on any atom is 0.270 e. The quantitative estimate of drug-likeness (QED) is 0.675. The number of aliphatic hydroxyl groups is 1. The van der Waals surface area contributed by atoms with E-state index >= 15 is 0 Å². The number of rotatable bonds is 4. The van der Waals surface area contributed by atoms with Crippen molar-refractivity contribution in [3.8, 4) is 0 Å². The number of benzene rings is 2. The van der Waals surface area contributed by atoms with Gasteiger partial charge in [-0.3, -0.25) is 10.1 Å². The van der Waals surface area contributed by atoms with E-state index in [-0.39, 0.29) is 12.3 Å². The van der Waals surface area contributed by atoms with Crippen molar-refractivity contribution in [1.82, 2.24) is 0 Å². The van der Waals surface area contributed by atoms with Crippen LogP contribution in [-0.4, -0.2) is 10.0 Å². The van der Waals surface area contributed by atoms with Gasteiger partial charge in [0.15, 0.2) is 0 Å². The van der Waals surface area contributed by atoms with Gasteiger partial charge in [-0.05, 0) is 39.7 Å². The second-order valence-corrected chi connectivity index (χ2v) is 5.75. The standard InChI is InChI=1S/C13H10BrNO3S/c14-12-7-10(15(17)18)3-6-13(12)19-11-4-1-9(8-16)2-5-11/h1-7,16H,8H2. The predicted molar refractivity (Wildman–Crippen MR) is 77.3 cm³/mol. The molecule has 2 rings (SSSR count). The Bertz CT molecular complexity index is 601. The largest absolute Gasteiger partial charge is 0.392 e. The van der Waals surface area contributed by atoms with Gasteiger partial charge < -0.3 is 5.11 Å². The molecule has 0 amide bonds. The van der Waals surface area contributed by atoms with Gasteiger partial charge >= 0.3 is 0 Å². The van der Waals surface area contributed by atoms with Crippen LogP contribution in [0.25, 0.3) is 0 Å². The first-order valence-corrected chi connectivity index (χ1v) is 7.02. The van der Waals surface area contributed by atoms with Gasteiger partial charge in [-0.25, -0.2) is 0 Å². The Labute approximate surface area is 122 Å². The maximum absolute atomic E-state index is 10.6. The highest BCUT2D eigenvalue weighted by atomic mass is 79.9. The van der Waals surface area contributed by atoms with Gasteiger partial charge in [0, 0.05) is 26.4 Å². The van der Waals surface area contributed by atoms with Crippen LogP contribution >= 0.6 is 27.7 Å². The third kappa shape index (κ3) is 3.56. The maximum atomic E-state index is 10.6. The normalized spacial score (nSPS) is 10.4. The fourth-order valence-electron chi connectivity index (χ4n) is 1.48. The van der Waals surface area contributed by atoms with Crippen molar-refractivity contribution >= 4 is 33.4 Å². The molecule has 2 aromatic carbocycles. The molecule has 0 unspecified atom stereocenters. The number of hydrogen-bond acceptors (Lipinski definition) is 4. The Balaban J connectivity index is 2.20. The average Bonchev–Trinajstić information content (AvgIpc) is 2.41. The molecule has 4 nitrogen and oxygen atoms in total. The summed E-state index contributed by atoms with van der Waals surface area (Å²) in [7, 11) is 0. The summed E-state index contributed by atoms with van der Waals surface area (Å²) in [6.07, 6.45) is 0. The van der Waals surface area contributed by atoms with Crippen LogP contribution in [0, 0.1) is 10.1 Å². The summed E-state index contributed by atoms with van der Waals surface area (Å²) in [5.41, 5.74) is 0.916. The molecule has 0 radical (unpaired) electrons. The van der Waals surface area contributed by atoms with Gasteiger partial charge in [0.05, 0.1) is 11.5 Å². The van der Waals surface area contributed by atoms with E-state index in [0.717, 1.165) is 15.4 Å². The van der Waals surface area contributed by atoms with Crippen molar-refractivity contribution < 1.29 is 10.0 Å². The average molecular weight is 340 g/mol. The number of halogens is 1. The van der Waals surface area contributed by atoms with E-state index in [1.807, 2.05) is 24.3 Å². The smallest absolute Gasteiger partial charge is 0.270 e. The zero-order valence-corrected chi connectivity index (χ0v) is 12.1. The zero-order valence-electron chi connectivity index (χ0n) is 9.75. The molecule has 0 aromatic heterocycles. The fraction of sp³-hybridized carbons (Fsp3) is 0.0769. The summed E-state index contributed by atoms with van der Waals surface area (Å²) in [4.78, 5) is 12.1. The molecule has 19 heavy (non-hydrogen) atoms. The van der Waals surface area contributed by atoms with Gasteiger partial charge in [-0.1, -0.05) is 23.9 Å². The zero-order chi connectivity index (χ0) is 13.8. The number of nitrogens with zero attached hydrogens (tertiary/aromatic N) is 1. The summed E-state index contributed by atoms with van der Waals surface area (Å²) in [5, 5.41) is 19.6. The minimum Gasteiger partial charge on any atom is -0.392 e. The van der Waals surface area contributed by atoms with Crippen LogP contribution in [0.5, 0.6) is 0 Å². The molecular weight excluding hydrogens is 330 g/mol. The fourth-order valence-corrected chi connectivity index (χ4v) is 2.90. The molecule has 2 aromatic rings. The van der Waals surface area contributed by atoms with Crippen molar-refractivity contribution in [2.24, 2.45) is 0 Å². The lowest BCUT2D eigenvalue weighted by molar-refractivity contribution is -0.385.